The number of rotatable bonds is 1. The van der Waals surface area contributed by atoms with E-state index in [-0.39, 0.29) is 5.41 Å². The van der Waals surface area contributed by atoms with Crippen LogP contribution in [0.15, 0.2) is 17.4 Å². The highest BCUT2D eigenvalue weighted by Crippen LogP contribution is 2.25. The van der Waals surface area contributed by atoms with Crippen molar-refractivity contribution in [3.8, 4) is 0 Å². The Hall–Kier alpha value is -0.970. The summed E-state index contributed by atoms with van der Waals surface area (Å²) in [4.78, 5) is 8.36. The minimum absolute atomic E-state index is 0.210. The Balaban J connectivity index is 3.47. The molecule has 0 saturated carbocycles. The van der Waals surface area contributed by atoms with Gasteiger partial charge in [-0.1, -0.05) is 20.8 Å². The first kappa shape index (κ1) is 11.1. The number of aromatic nitrogens is 2. The van der Waals surface area contributed by atoms with Gasteiger partial charge in [-0.2, -0.15) is 0 Å². The summed E-state index contributed by atoms with van der Waals surface area (Å²) < 4.78 is 19.2. The smallest absolute Gasteiger partial charge is 0.115 e. The number of nitrogens with one attached hydrogen (secondary N) is 1. The van der Waals surface area contributed by atoms with Crippen molar-refractivity contribution in [1.29, 1.82) is 4.78 Å². The number of hydrogen-bond acceptors (Lipinski definition) is 4. The van der Waals surface area contributed by atoms with E-state index in [0.29, 0.717) is 10.6 Å². The predicted molar refractivity (Wildman–Crippen MR) is 55.8 cm³/mol. The van der Waals surface area contributed by atoms with Crippen molar-refractivity contribution in [3.63, 3.8) is 0 Å². The van der Waals surface area contributed by atoms with Crippen molar-refractivity contribution in [3.05, 3.63) is 18.2 Å². The van der Waals surface area contributed by atoms with Gasteiger partial charge in [0.05, 0.1) is 20.3 Å². The molecule has 1 atom stereocenters. The first-order chi connectivity index (χ1) is 6.23. The van der Waals surface area contributed by atoms with Gasteiger partial charge in [0, 0.05) is 17.9 Å². The van der Waals surface area contributed by atoms with Crippen LogP contribution in [0.25, 0.3) is 0 Å². The van der Waals surface area contributed by atoms with E-state index in [1.165, 1.54) is 18.8 Å². The van der Waals surface area contributed by atoms with E-state index in [0.717, 1.165) is 0 Å². The summed E-state index contributed by atoms with van der Waals surface area (Å²) in [6, 6.07) is 0. The highest BCUT2D eigenvalue weighted by Gasteiger charge is 2.22. The zero-order valence-electron chi connectivity index (χ0n) is 8.87. The maximum absolute atomic E-state index is 11.6. The summed E-state index contributed by atoms with van der Waals surface area (Å²) in [6.45, 7) is 5.93. The summed E-state index contributed by atoms with van der Waals surface area (Å²) in [5.74, 6) is 0. The van der Waals surface area contributed by atoms with E-state index in [1.807, 2.05) is 20.8 Å². The Kier molecular flexibility index (Phi) is 2.63. The number of hydrogen-bond donors (Lipinski definition) is 1. The van der Waals surface area contributed by atoms with Gasteiger partial charge in [0.15, 0.2) is 0 Å². The average molecular weight is 213 g/mol. The van der Waals surface area contributed by atoms with Gasteiger partial charge in [-0.05, 0) is 0 Å². The molecule has 0 bridgehead atoms. The molecule has 14 heavy (non-hydrogen) atoms. The van der Waals surface area contributed by atoms with Crippen LogP contribution in [0.4, 0.5) is 0 Å². The van der Waals surface area contributed by atoms with Crippen molar-refractivity contribution in [2.45, 2.75) is 31.1 Å². The predicted octanol–water partition coefficient (Wildman–Crippen LogP) is 1.81. The van der Waals surface area contributed by atoms with Crippen molar-refractivity contribution < 1.29 is 4.21 Å². The molecule has 0 amide bonds. The topological polar surface area (TPSA) is 66.7 Å². The van der Waals surface area contributed by atoms with Crippen LogP contribution in [-0.4, -0.2) is 20.4 Å². The molecule has 0 aliphatic carbocycles. The quantitative estimate of drug-likeness (QED) is 0.773. The van der Waals surface area contributed by atoms with Crippen molar-refractivity contribution in [1.82, 2.24) is 9.97 Å². The molecule has 0 aromatic carbocycles. The van der Waals surface area contributed by atoms with Gasteiger partial charge in [-0.3, -0.25) is 0 Å². The molecule has 0 fully saturated rings. The van der Waals surface area contributed by atoms with Crippen molar-refractivity contribution in [2.75, 3.05) is 6.26 Å². The van der Waals surface area contributed by atoms with E-state index in [9.17, 15) is 4.21 Å². The zero-order valence-corrected chi connectivity index (χ0v) is 9.68. The molecule has 0 spiro atoms. The molecular formula is C9H15N3OS. The minimum atomic E-state index is -2.74. The third kappa shape index (κ3) is 2.29. The lowest BCUT2D eigenvalue weighted by Gasteiger charge is -2.20. The Morgan fingerprint density at radius 2 is 2.00 bits per heavy atom. The molecule has 1 rings (SSSR count). The Morgan fingerprint density at radius 3 is 2.36 bits per heavy atom. The molecule has 0 aliphatic rings. The van der Waals surface area contributed by atoms with Gasteiger partial charge in [0.2, 0.25) is 0 Å². The van der Waals surface area contributed by atoms with Crippen LogP contribution in [0.5, 0.6) is 0 Å². The van der Waals surface area contributed by atoms with Crippen LogP contribution in [0, 0.1) is 4.78 Å². The van der Waals surface area contributed by atoms with E-state index in [4.69, 9.17) is 4.78 Å². The van der Waals surface area contributed by atoms with Crippen molar-refractivity contribution >= 4 is 9.73 Å². The summed E-state index contributed by atoms with van der Waals surface area (Å²) in [5.41, 5.74) is 0.479. The second-order valence-corrected chi connectivity index (χ2v) is 6.46. The number of nitrogens with zero attached hydrogens (tertiary/aromatic N) is 2. The molecule has 1 N–H and O–H groups in total. The first-order valence-corrected chi connectivity index (χ1v) is 6.24. The van der Waals surface area contributed by atoms with E-state index in [2.05, 4.69) is 9.97 Å². The monoisotopic (exact) mass is 213 g/mol. The van der Waals surface area contributed by atoms with Crippen LogP contribution in [0.3, 0.4) is 0 Å². The minimum Gasteiger partial charge on any atom is -0.249 e. The van der Waals surface area contributed by atoms with Gasteiger partial charge in [-0.25, -0.2) is 19.0 Å². The van der Waals surface area contributed by atoms with E-state index >= 15 is 0 Å². The SMILES string of the molecule is CC(C)(C)c1ncncc1S(C)(=N)=O. The lowest BCUT2D eigenvalue weighted by Crippen LogP contribution is -2.18. The Labute approximate surface area is 84.8 Å². The molecule has 0 radical (unpaired) electrons. The fourth-order valence-corrected chi connectivity index (χ4v) is 2.16. The van der Waals surface area contributed by atoms with Crippen LogP contribution < -0.4 is 0 Å². The molecule has 1 aromatic heterocycles. The second-order valence-electron chi connectivity index (χ2n) is 4.33. The van der Waals surface area contributed by atoms with Gasteiger partial charge in [0.1, 0.15) is 6.33 Å². The van der Waals surface area contributed by atoms with E-state index < -0.39 is 9.73 Å². The van der Waals surface area contributed by atoms with Crippen LogP contribution >= 0.6 is 0 Å². The molecule has 1 unspecified atom stereocenters. The van der Waals surface area contributed by atoms with Crippen LogP contribution in [0.2, 0.25) is 0 Å². The van der Waals surface area contributed by atoms with Gasteiger partial charge in [-0.15, -0.1) is 0 Å². The lowest BCUT2D eigenvalue weighted by molar-refractivity contribution is 0.548. The molecule has 1 heterocycles. The third-order valence-corrected chi connectivity index (χ3v) is 2.95. The molecule has 0 saturated heterocycles. The van der Waals surface area contributed by atoms with Gasteiger partial charge < -0.3 is 0 Å². The average Bonchev–Trinajstić information content (AvgIpc) is 2.01. The summed E-state index contributed by atoms with van der Waals surface area (Å²) in [6.07, 6.45) is 4.29. The molecular weight excluding hydrogens is 198 g/mol. The Morgan fingerprint density at radius 1 is 1.43 bits per heavy atom. The maximum atomic E-state index is 11.6. The highest BCUT2D eigenvalue weighted by molar-refractivity contribution is 7.91. The highest BCUT2D eigenvalue weighted by atomic mass is 32.2. The van der Waals surface area contributed by atoms with Gasteiger partial charge >= 0.3 is 0 Å². The summed E-state index contributed by atoms with van der Waals surface area (Å²) >= 11 is 0. The lowest BCUT2D eigenvalue weighted by atomic mass is 9.92. The normalized spacial score (nSPS) is 16.3. The second kappa shape index (κ2) is 3.31. The first-order valence-electron chi connectivity index (χ1n) is 4.27. The Bertz CT molecular complexity index is 432. The fourth-order valence-electron chi connectivity index (χ4n) is 1.17. The molecule has 5 heteroatoms. The van der Waals surface area contributed by atoms with Crippen LogP contribution in [-0.2, 0) is 15.1 Å². The standard InChI is InChI=1S/C9H15N3OS/c1-9(2,3)8-7(14(4,10)13)5-11-6-12-8/h5-6,10H,1-4H3. The van der Waals surface area contributed by atoms with Gasteiger partial charge in [0.25, 0.3) is 0 Å². The van der Waals surface area contributed by atoms with Crippen LogP contribution in [0.1, 0.15) is 26.5 Å². The maximum Gasteiger partial charge on any atom is 0.115 e. The summed E-state index contributed by atoms with van der Waals surface area (Å²) in [7, 11) is -2.74. The third-order valence-electron chi connectivity index (χ3n) is 1.81. The molecule has 0 aliphatic heterocycles. The molecule has 1 aromatic rings. The summed E-state index contributed by atoms with van der Waals surface area (Å²) in [5, 5.41) is 0. The largest absolute Gasteiger partial charge is 0.249 e. The van der Waals surface area contributed by atoms with Crippen molar-refractivity contribution in [2.24, 2.45) is 0 Å². The van der Waals surface area contributed by atoms with E-state index in [1.54, 1.807) is 0 Å². The zero-order chi connectivity index (χ0) is 11.0. The fraction of sp³-hybridized carbons (Fsp3) is 0.556. The molecule has 78 valence electrons. The molecule has 4 nitrogen and oxygen atoms in total.